The molecule has 8 heterocycles. The van der Waals surface area contributed by atoms with Crippen LogP contribution in [0.5, 0.6) is 47.0 Å². The summed E-state index contributed by atoms with van der Waals surface area (Å²) < 4.78 is 59.5. The van der Waals surface area contributed by atoms with E-state index in [0.717, 1.165) is 86.2 Å². The van der Waals surface area contributed by atoms with Crippen LogP contribution >= 0.6 is 0 Å². The van der Waals surface area contributed by atoms with Crippen molar-refractivity contribution in [3.05, 3.63) is 244 Å². The smallest absolute Gasteiger partial charge is 0.354 e. The molecule has 448 valence electrons. The van der Waals surface area contributed by atoms with Gasteiger partial charge in [0.1, 0.15) is 0 Å². The van der Waals surface area contributed by atoms with Gasteiger partial charge < -0.3 is 18.9 Å². The standard InChI is InChI=1S/4C16H10N4O.CH2O5S2/c4*1-3-7-13-11(5-1)9-17-19-15(13)21-16-14-8-4-2-6-12(14)10-18-20-16;2-1(7(3)4)8(5)6/h4*1-10H;7-8H. The van der Waals surface area contributed by atoms with E-state index in [4.69, 9.17) is 18.9 Å². The monoisotopic (exact) mass is 1250 g/mol. The molecule has 0 fully saturated rings. The highest BCUT2D eigenvalue weighted by Gasteiger charge is 2.15. The molecule has 0 amide bonds. The Bertz CT molecular complexity index is 4510. The Morgan fingerprint density at radius 1 is 0.217 bits per heavy atom. The first-order valence-electron chi connectivity index (χ1n) is 27.4. The number of nitrogens with zero attached hydrogens (tertiary/aromatic N) is 16. The van der Waals surface area contributed by atoms with Crippen molar-refractivity contribution < 1.29 is 40.6 Å². The van der Waals surface area contributed by atoms with Crippen LogP contribution < -0.4 is 18.9 Å². The maximum atomic E-state index is 9.65. The fraction of sp³-hybridized carbons (Fsp3) is 0. The lowest BCUT2D eigenvalue weighted by Crippen LogP contribution is -1.96. The minimum atomic E-state index is -3.44. The van der Waals surface area contributed by atoms with Gasteiger partial charge in [-0.1, -0.05) is 146 Å². The SMILES string of the molecule is O=C([SH](=O)=O)[SH](=O)=O.c1ccc2c(Oc3nncc4ccccc34)nncc2c1.c1ccc2c(Oc3nncc4ccccc34)nncc2c1.c1ccc2c(Oc3nncc4ccccc34)nncc2c1.c1ccc2c(Oc3nncc4ccccc34)nncc2c1. The highest BCUT2D eigenvalue weighted by Crippen LogP contribution is 2.34. The number of carbonyl (C=O) groups excluding carboxylic acids is 1. The van der Waals surface area contributed by atoms with Crippen LogP contribution in [0.15, 0.2) is 244 Å². The number of carbonyl (C=O) groups is 1. The lowest BCUT2D eigenvalue weighted by Gasteiger charge is -2.07. The molecule has 0 atom stereocenters. The van der Waals surface area contributed by atoms with E-state index in [2.05, 4.69) is 81.6 Å². The van der Waals surface area contributed by atoms with E-state index in [1.807, 2.05) is 194 Å². The van der Waals surface area contributed by atoms with E-state index in [0.29, 0.717) is 47.0 Å². The molecule has 0 aliphatic carbocycles. The van der Waals surface area contributed by atoms with Gasteiger partial charge in [-0.15, -0.1) is 40.8 Å². The van der Waals surface area contributed by atoms with E-state index in [1.165, 1.54) is 0 Å². The van der Waals surface area contributed by atoms with Crippen LogP contribution in [0.3, 0.4) is 0 Å². The van der Waals surface area contributed by atoms with Gasteiger partial charge in [0.15, 0.2) is 0 Å². The summed E-state index contributed by atoms with van der Waals surface area (Å²) in [5, 5.41) is 79.2. The predicted octanol–water partition coefficient (Wildman–Crippen LogP) is 11.8. The lowest BCUT2D eigenvalue weighted by atomic mass is 10.2. The number of hydrogen-bond acceptors (Lipinski definition) is 25. The van der Waals surface area contributed by atoms with E-state index in [9.17, 15) is 21.6 Å². The van der Waals surface area contributed by atoms with Crippen LogP contribution in [-0.2, 0) is 21.4 Å². The maximum absolute atomic E-state index is 9.65. The van der Waals surface area contributed by atoms with Crippen molar-refractivity contribution in [2.75, 3.05) is 0 Å². The second-order valence-corrected chi connectivity index (χ2v) is 21.3. The van der Waals surface area contributed by atoms with E-state index >= 15 is 0 Å². The Morgan fingerprint density at radius 2 is 0.348 bits per heavy atom. The third-order valence-electron chi connectivity index (χ3n) is 13.4. The normalized spacial score (nSPS) is 10.8. The molecule has 8 aromatic heterocycles. The Balaban J connectivity index is 0.000000114. The van der Waals surface area contributed by atoms with Crippen LogP contribution in [-0.4, -0.2) is 103 Å². The van der Waals surface area contributed by atoms with Crippen molar-refractivity contribution in [3.8, 4) is 47.0 Å². The Morgan fingerprint density at radius 3 is 0.467 bits per heavy atom. The molecule has 0 saturated heterocycles. The van der Waals surface area contributed by atoms with Crippen molar-refractivity contribution in [3.63, 3.8) is 0 Å². The average Bonchev–Trinajstić information content (AvgIpc) is 1.50. The molecule has 0 unspecified atom stereocenters. The molecule has 27 heteroatoms. The minimum Gasteiger partial charge on any atom is -0.416 e. The molecule has 8 aromatic carbocycles. The minimum absolute atomic E-state index is 0.429. The van der Waals surface area contributed by atoms with Crippen LogP contribution in [0.2, 0.25) is 0 Å². The van der Waals surface area contributed by atoms with Gasteiger partial charge in [-0.05, 0) is 48.5 Å². The first-order chi connectivity index (χ1) is 45.2. The molecule has 16 aromatic rings. The van der Waals surface area contributed by atoms with Gasteiger partial charge in [-0.2, -0.15) is 40.8 Å². The van der Waals surface area contributed by atoms with Crippen molar-refractivity contribution >= 4 is 112 Å². The Kier molecular flexibility index (Phi) is 18.4. The van der Waals surface area contributed by atoms with Gasteiger partial charge in [0.25, 0.3) is 0 Å². The Labute approximate surface area is 522 Å². The molecular formula is C65H42N16O9S2. The number of aromatic nitrogens is 16. The summed E-state index contributed by atoms with van der Waals surface area (Å²) in [6, 6.07) is 62.3. The summed E-state index contributed by atoms with van der Waals surface area (Å²) in [6.45, 7) is 0. The third kappa shape index (κ3) is 14.0. The number of rotatable bonds is 8. The van der Waals surface area contributed by atoms with Crippen molar-refractivity contribution in [1.29, 1.82) is 0 Å². The summed E-state index contributed by atoms with van der Waals surface area (Å²) in [4.78, 5) is 9.65. The first kappa shape index (κ1) is 59.6. The summed E-state index contributed by atoms with van der Waals surface area (Å²) >= 11 is 0. The predicted molar refractivity (Wildman–Crippen MR) is 343 cm³/mol. The molecule has 0 radical (unpaired) electrons. The topological polar surface area (TPSA) is 329 Å². The zero-order valence-corrected chi connectivity index (χ0v) is 49.1. The van der Waals surface area contributed by atoms with E-state index in [-0.39, 0.29) is 0 Å². The number of ether oxygens (including phenoxy) is 4. The molecular weight excluding hydrogens is 1210 g/mol. The third-order valence-corrected chi connectivity index (χ3v) is 15.0. The average molecular weight is 1260 g/mol. The van der Waals surface area contributed by atoms with Crippen LogP contribution in [0.1, 0.15) is 0 Å². The van der Waals surface area contributed by atoms with Gasteiger partial charge >= 0.3 is 4.45 Å². The lowest BCUT2D eigenvalue weighted by molar-refractivity contribution is 0.274. The molecule has 0 aliphatic rings. The van der Waals surface area contributed by atoms with Gasteiger partial charge in [-0.3, -0.25) is 4.79 Å². The van der Waals surface area contributed by atoms with Crippen molar-refractivity contribution in [2.24, 2.45) is 0 Å². The maximum Gasteiger partial charge on any atom is 0.354 e. The second-order valence-electron chi connectivity index (χ2n) is 19.1. The van der Waals surface area contributed by atoms with Crippen molar-refractivity contribution in [1.82, 2.24) is 81.6 Å². The Hall–Kier alpha value is -12.8. The summed E-state index contributed by atoms with van der Waals surface area (Å²) in [5.74, 6) is 3.44. The molecule has 0 aliphatic heterocycles. The molecule has 0 saturated carbocycles. The number of fused-ring (bicyclic) bond motifs is 8. The van der Waals surface area contributed by atoms with Gasteiger partial charge in [0.2, 0.25) is 68.4 Å². The molecule has 92 heavy (non-hydrogen) atoms. The zero-order chi connectivity index (χ0) is 63.0. The fourth-order valence-corrected chi connectivity index (χ4v) is 9.58. The summed E-state index contributed by atoms with van der Waals surface area (Å²) in [6.07, 6.45) is 13.6. The quantitative estimate of drug-likeness (QED) is 0.133. The molecule has 25 nitrogen and oxygen atoms in total. The fourth-order valence-electron chi connectivity index (χ4n) is 9.05. The van der Waals surface area contributed by atoms with Crippen molar-refractivity contribution in [2.45, 2.75) is 0 Å². The highest BCUT2D eigenvalue weighted by atomic mass is 32.2. The molecule has 0 N–H and O–H groups in total. The largest absolute Gasteiger partial charge is 0.416 e. The number of hydrogen-bond donors (Lipinski definition) is 2. The molecule has 0 spiro atoms. The van der Waals surface area contributed by atoms with Gasteiger partial charge in [0, 0.05) is 86.2 Å². The van der Waals surface area contributed by atoms with E-state index < -0.39 is 25.9 Å². The second kappa shape index (κ2) is 28.4. The summed E-state index contributed by atoms with van der Waals surface area (Å²) in [7, 11) is -6.87. The number of thiol groups is 2. The molecule has 0 bridgehead atoms. The van der Waals surface area contributed by atoms with Crippen LogP contribution in [0.4, 0.5) is 4.79 Å². The van der Waals surface area contributed by atoms with Crippen LogP contribution in [0.25, 0.3) is 86.2 Å². The van der Waals surface area contributed by atoms with Gasteiger partial charge in [0.05, 0.1) is 49.6 Å². The van der Waals surface area contributed by atoms with Crippen LogP contribution in [0, 0.1) is 0 Å². The number of benzene rings is 8. The summed E-state index contributed by atoms with van der Waals surface area (Å²) in [5.41, 5.74) is 0. The zero-order valence-electron chi connectivity index (χ0n) is 47.3. The first-order valence-corrected chi connectivity index (χ1v) is 29.8. The molecule has 16 rings (SSSR count). The highest BCUT2D eigenvalue weighted by molar-refractivity contribution is 8.15. The van der Waals surface area contributed by atoms with E-state index in [1.54, 1.807) is 49.6 Å². The van der Waals surface area contributed by atoms with Gasteiger partial charge in [-0.25, -0.2) is 16.8 Å².